The molecule has 5 heteroatoms. The molecule has 0 saturated carbocycles. The molecule has 5 nitrogen and oxygen atoms in total. The number of ether oxygens (including phenoxy) is 1. The summed E-state index contributed by atoms with van der Waals surface area (Å²) in [5, 5.41) is 9.38. The Balaban J connectivity index is 1.66. The minimum atomic E-state index is -0.908. The van der Waals surface area contributed by atoms with E-state index in [0.717, 1.165) is 16.9 Å². The molecule has 1 heterocycles. The Morgan fingerprint density at radius 3 is 2.72 bits per heavy atom. The fraction of sp³-hybridized carbons (Fsp3) is 0.300. The van der Waals surface area contributed by atoms with E-state index >= 15 is 0 Å². The van der Waals surface area contributed by atoms with Crippen molar-refractivity contribution in [3.63, 3.8) is 0 Å². The van der Waals surface area contributed by atoms with Gasteiger partial charge in [0.2, 0.25) is 5.91 Å². The third-order valence-electron chi connectivity index (χ3n) is 4.48. The van der Waals surface area contributed by atoms with Gasteiger partial charge >= 0.3 is 5.97 Å². The van der Waals surface area contributed by atoms with Crippen molar-refractivity contribution < 1.29 is 19.4 Å². The summed E-state index contributed by atoms with van der Waals surface area (Å²) in [6.45, 7) is 4.39. The molecule has 1 N–H and O–H groups in total. The standard InChI is InChI=1S/C20H21NO4/c1-13-7-8-14(2)18(11-13)25-10-9-19(22)21-12-16(20(23)24)15-5-3-4-6-17(15)21/h3-8,11,16H,9-10,12H2,1-2H3,(H,23,24). The zero-order chi connectivity index (χ0) is 18.0. The van der Waals surface area contributed by atoms with Gasteiger partial charge in [-0.15, -0.1) is 0 Å². The molecule has 1 atom stereocenters. The van der Waals surface area contributed by atoms with E-state index in [1.54, 1.807) is 23.1 Å². The molecule has 0 radical (unpaired) electrons. The second-order valence-corrected chi connectivity index (χ2v) is 6.32. The minimum Gasteiger partial charge on any atom is -0.493 e. The molecule has 3 rings (SSSR count). The summed E-state index contributed by atoms with van der Waals surface area (Å²) >= 11 is 0. The van der Waals surface area contributed by atoms with Gasteiger partial charge in [0, 0.05) is 12.2 Å². The van der Waals surface area contributed by atoms with Crippen LogP contribution in [0.4, 0.5) is 5.69 Å². The van der Waals surface area contributed by atoms with Gasteiger partial charge in [0.05, 0.1) is 13.0 Å². The number of para-hydroxylation sites is 1. The van der Waals surface area contributed by atoms with Gasteiger partial charge in [-0.2, -0.15) is 0 Å². The Morgan fingerprint density at radius 2 is 1.96 bits per heavy atom. The largest absolute Gasteiger partial charge is 0.493 e. The number of rotatable bonds is 5. The van der Waals surface area contributed by atoms with Crippen LogP contribution in [0.3, 0.4) is 0 Å². The molecular formula is C20H21NO4. The first-order valence-corrected chi connectivity index (χ1v) is 8.29. The van der Waals surface area contributed by atoms with Crippen LogP contribution in [0.5, 0.6) is 5.75 Å². The van der Waals surface area contributed by atoms with Gasteiger partial charge in [-0.3, -0.25) is 9.59 Å². The lowest BCUT2D eigenvalue weighted by Gasteiger charge is -2.18. The predicted octanol–water partition coefficient (Wildman–Crippen LogP) is 3.29. The number of amides is 1. The van der Waals surface area contributed by atoms with Gasteiger partial charge in [-0.25, -0.2) is 0 Å². The number of hydrogen-bond acceptors (Lipinski definition) is 3. The lowest BCUT2D eigenvalue weighted by molar-refractivity contribution is -0.138. The molecule has 25 heavy (non-hydrogen) atoms. The van der Waals surface area contributed by atoms with E-state index in [1.165, 1.54) is 0 Å². The Labute approximate surface area is 146 Å². The van der Waals surface area contributed by atoms with Crippen molar-refractivity contribution in [2.24, 2.45) is 0 Å². The molecule has 0 bridgehead atoms. The van der Waals surface area contributed by atoms with Crippen LogP contribution in [0, 0.1) is 13.8 Å². The number of aliphatic carboxylic acids is 1. The number of aryl methyl sites for hydroxylation is 2. The maximum absolute atomic E-state index is 12.6. The van der Waals surface area contributed by atoms with Crippen LogP contribution in [0.2, 0.25) is 0 Å². The number of hydrogen-bond donors (Lipinski definition) is 1. The Kier molecular flexibility index (Phi) is 4.74. The lowest BCUT2D eigenvalue weighted by atomic mass is 10.0. The number of carboxylic acids is 1. The quantitative estimate of drug-likeness (QED) is 0.908. The van der Waals surface area contributed by atoms with Crippen LogP contribution < -0.4 is 9.64 Å². The van der Waals surface area contributed by atoms with E-state index in [1.807, 2.05) is 38.1 Å². The number of anilines is 1. The molecule has 0 spiro atoms. The Hall–Kier alpha value is -2.82. The number of benzene rings is 2. The summed E-state index contributed by atoms with van der Waals surface area (Å²) in [5.74, 6) is -0.922. The molecule has 1 amide bonds. The minimum absolute atomic E-state index is 0.124. The van der Waals surface area contributed by atoms with E-state index in [9.17, 15) is 14.7 Å². The van der Waals surface area contributed by atoms with E-state index in [2.05, 4.69) is 0 Å². The molecule has 0 aliphatic carbocycles. The van der Waals surface area contributed by atoms with Crippen LogP contribution in [0.1, 0.15) is 29.0 Å². The third-order valence-corrected chi connectivity index (χ3v) is 4.48. The molecule has 0 saturated heterocycles. The molecule has 1 aliphatic rings. The van der Waals surface area contributed by atoms with E-state index < -0.39 is 11.9 Å². The maximum Gasteiger partial charge on any atom is 0.312 e. The second-order valence-electron chi connectivity index (χ2n) is 6.32. The van der Waals surface area contributed by atoms with Crippen LogP contribution >= 0.6 is 0 Å². The van der Waals surface area contributed by atoms with Gasteiger partial charge in [0.25, 0.3) is 0 Å². The zero-order valence-corrected chi connectivity index (χ0v) is 14.4. The average Bonchev–Trinajstić information content (AvgIpc) is 2.98. The van der Waals surface area contributed by atoms with Gasteiger partial charge < -0.3 is 14.7 Å². The summed E-state index contributed by atoms with van der Waals surface area (Å²) in [4.78, 5) is 25.6. The first kappa shape index (κ1) is 17.0. The van der Waals surface area contributed by atoms with Crippen molar-refractivity contribution in [3.05, 3.63) is 59.2 Å². The SMILES string of the molecule is Cc1ccc(C)c(OCCC(=O)N2CC(C(=O)O)c3ccccc32)c1. The highest BCUT2D eigenvalue weighted by molar-refractivity contribution is 5.99. The highest BCUT2D eigenvalue weighted by atomic mass is 16.5. The number of carboxylic acid groups (broad SMARTS) is 1. The number of nitrogens with zero attached hydrogens (tertiary/aromatic N) is 1. The number of fused-ring (bicyclic) bond motifs is 1. The van der Waals surface area contributed by atoms with Gasteiger partial charge in [-0.05, 0) is 42.7 Å². The van der Waals surface area contributed by atoms with Crippen molar-refractivity contribution in [2.45, 2.75) is 26.2 Å². The monoisotopic (exact) mass is 339 g/mol. The number of carbonyl (C=O) groups is 2. The van der Waals surface area contributed by atoms with Crippen LogP contribution in [-0.2, 0) is 9.59 Å². The summed E-state index contributed by atoms with van der Waals surface area (Å²) in [5.41, 5.74) is 3.51. The normalized spacial score (nSPS) is 15.8. The van der Waals surface area contributed by atoms with Crippen LogP contribution in [0.15, 0.2) is 42.5 Å². The van der Waals surface area contributed by atoms with Crippen molar-refractivity contribution >= 4 is 17.6 Å². The fourth-order valence-electron chi connectivity index (χ4n) is 3.10. The van der Waals surface area contributed by atoms with Gasteiger partial charge in [0.15, 0.2) is 0 Å². The van der Waals surface area contributed by atoms with Gasteiger partial charge in [0.1, 0.15) is 11.7 Å². The maximum atomic E-state index is 12.6. The van der Waals surface area contributed by atoms with Gasteiger partial charge in [-0.1, -0.05) is 30.3 Å². The predicted molar refractivity (Wildman–Crippen MR) is 95.2 cm³/mol. The average molecular weight is 339 g/mol. The highest BCUT2D eigenvalue weighted by Crippen LogP contribution is 2.36. The summed E-state index contributed by atoms with van der Waals surface area (Å²) < 4.78 is 5.75. The highest BCUT2D eigenvalue weighted by Gasteiger charge is 2.35. The molecular weight excluding hydrogens is 318 g/mol. The molecule has 0 aromatic heterocycles. The third kappa shape index (κ3) is 3.50. The summed E-state index contributed by atoms with van der Waals surface area (Å²) in [6, 6.07) is 13.1. The second kappa shape index (κ2) is 6.97. The molecule has 1 aliphatic heterocycles. The lowest BCUT2D eigenvalue weighted by Crippen LogP contribution is -2.32. The molecule has 2 aromatic carbocycles. The summed E-state index contributed by atoms with van der Waals surface area (Å²) in [6.07, 6.45) is 0.202. The van der Waals surface area contributed by atoms with Crippen molar-refractivity contribution in [1.82, 2.24) is 0 Å². The molecule has 2 aromatic rings. The number of carbonyl (C=O) groups excluding carboxylic acids is 1. The fourth-order valence-corrected chi connectivity index (χ4v) is 3.10. The van der Waals surface area contributed by atoms with E-state index in [0.29, 0.717) is 11.3 Å². The van der Waals surface area contributed by atoms with Crippen molar-refractivity contribution in [1.29, 1.82) is 0 Å². The van der Waals surface area contributed by atoms with E-state index in [4.69, 9.17) is 4.74 Å². The molecule has 0 fully saturated rings. The van der Waals surface area contributed by atoms with Crippen LogP contribution in [0.25, 0.3) is 0 Å². The Bertz CT molecular complexity index is 815. The Morgan fingerprint density at radius 1 is 1.20 bits per heavy atom. The van der Waals surface area contributed by atoms with Crippen molar-refractivity contribution in [2.75, 3.05) is 18.1 Å². The topological polar surface area (TPSA) is 66.8 Å². The summed E-state index contributed by atoms with van der Waals surface area (Å²) in [7, 11) is 0. The smallest absolute Gasteiger partial charge is 0.312 e. The van der Waals surface area contributed by atoms with Crippen molar-refractivity contribution in [3.8, 4) is 5.75 Å². The first-order valence-electron chi connectivity index (χ1n) is 8.29. The zero-order valence-electron chi connectivity index (χ0n) is 14.4. The van der Waals surface area contributed by atoms with Crippen LogP contribution in [-0.4, -0.2) is 30.1 Å². The first-order chi connectivity index (χ1) is 12.0. The molecule has 130 valence electrons. The molecule has 1 unspecified atom stereocenters. The van der Waals surface area contributed by atoms with E-state index in [-0.39, 0.29) is 25.5 Å².